The minimum Gasteiger partial charge on any atom is -0.334 e. The van der Waals surface area contributed by atoms with Crippen molar-refractivity contribution in [2.45, 2.75) is 18.9 Å². The van der Waals surface area contributed by atoms with Crippen LogP contribution < -0.4 is 11.3 Å². The Morgan fingerprint density at radius 2 is 2.41 bits per heavy atom. The first-order valence-corrected chi connectivity index (χ1v) is 6.32. The normalized spacial score (nSPS) is 19.6. The van der Waals surface area contributed by atoms with E-state index in [0.717, 1.165) is 19.4 Å². The average Bonchev–Trinajstić information content (AvgIpc) is 2.80. The molecule has 1 aliphatic rings. The van der Waals surface area contributed by atoms with Crippen LogP contribution in [0.4, 0.5) is 0 Å². The minimum absolute atomic E-state index is 0.0742. The van der Waals surface area contributed by atoms with Gasteiger partial charge in [0.25, 0.3) is 11.5 Å². The maximum absolute atomic E-state index is 12.2. The Labute approximate surface area is 107 Å². The number of likely N-dealkylation sites (tertiary alicyclic amines) is 1. The number of aromatic nitrogens is 1. The lowest BCUT2D eigenvalue weighted by atomic mass is 10.2. The third-order valence-corrected chi connectivity index (χ3v) is 3.60. The third-order valence-electron chi connectivity index (χ3n) is 3.01. The molecule has 1 aromatic heterocycles. The summed E-state index contributed by atoms with van der Waals surface area (Å²) in [7, 11) is 0. The number of halogens is 1. The zero-order valence-electron chi connectivity index (χ0n) is 9.28. The largest absolute Gasteiger partial charge is 0.334 e. The number of rotatable bonds is 2. The number of hydrogen-bond acceptors (Lipinski definition) is 3. The Morgan fingerprint density at radius 1 is 1.65 bits per heavy atom. The van der Waals surface area contributed by atoms with E-state index < -0.39 is 0 Å². The van der Waals surface area contributed by atoms with E-state index >= 15 is 0 Å². The van der Waals surface area contributed by atoms with E-state index in [-0.39, 0.29) is 17.5 Å². The molecule has 92 valence electrons. The molecule has 0 aliphatic carbocycles. The van der Waals surface area contributed by atoms with Gasteiger partial charge in [-0.05, 0) is 34.8 Å². The summed E-state index contributed by atoms with van der Waals surface area (Å²) in [4.78, 5) is 27.7. The molecular weight excluding hydrogens is 286 g/mol. The highest BCUT2D eigenvalue weighted by Gasteiger charge is 2.28. The van der Waals surface area contributed by atoms with Crippen LogP contribution in [0.5, 0.6) is 0 Å². The summed E-state index contributed by atoms with van der Waals surface area (Å²) < 4.78 is 0.367. The lowest BCUT2D eigenvalue weighted by Gasteiger charge is -2.23. The molecule has 0 saturated carbocycles. The molecule has 3 N–H and O–H groups in total. The van der Waals surface area contributed by atoms with Gasteiger partial charge in [-0.25, -0.2) is 0 Å². The molecule has 0 bridgehead atoms. The van der Waals surface area contributed by atoms with Gasteiger partial charge in [0.05, 0.1) is 10.0 Å². The van der Waals surface area contributed by atoms with Crippen molar-refractivity contribution in [1.29, 1.82) is 0 Å². The topological polar surface area (TPSA) is 79.2 Å². The van der Waals surface area contributed by atoms with Crippen molar-refractivity contribution >= 4 is 21.8 Å². The third kappa shape index (κ3) is 2.42. The molecule has 1 fully saturated rings. The van der Waals surface area contributed by atoms with Crippen LogP contribution in [0.2, 0.25) is 0 Å². The number of H-pyrrole nitrogens is 1. The van der Waals surface area contributed by atoms with Gasteiger partial charge >= 0.3 is 0 Å². The molecule has 1 unspecified atom stereocenters. The summed E-state index contributed by atoms with van der Waals surface area (Å²) in [5, 5.41) is 0. The van der Waals surface area contributed by atoms with Crippen molar-refractivity contribution in [3.8, 4) is 0 Å². The predicted molar refractivity (Wildman–Crippen MR) is 67.9 cm³/mol. The summed E-state index contributed by atoms with van der Waals surface area (Å²) in [6.07, 6.45) is 3.38. The quantitative estimate of drug-likeness (QED) is 0.844. The van der Waals surface area contributed by atoms with E-state index in [9.17, 15) is 9.59 Å². The van der Waals surface area contributed by atoms with Crippen molar-refractivity contribution in [3.63, 3.8) is 0 Å². The zero-order chi connectivity index (χ0) is 12.4. The Hall–Kier alpha value is -1.14. The van der Waals surface area contributed by atoms with Crippen molar-refractivity contribution < 1.29 is 4.79 Å². The number of pyridine rings is 1. The second-order valence-electron chi connectivity index (χ2n) is 4.10. The number of nitrogens with zero attached hydrogens (tertiary/aromatic N) is 1. The molecule has 0 spiro atoms. The summed E-state index contributed by atoms with van der Waals surface area (Å²) in [5.74, 6) is -0.0742. The van der Waals surface area contributed by atoms with Crippen LogP contribution in [0.3, 0.4) is 0 Å². The number of carbonyl (C=O) groups is 1. The van der Waals surface area contributed by atoms with Crippen molar-refractivity contribution in [1.82, 2.24) is 9.88 Å². The zero-order valence-corrected chi connectivity index (χ0v) is 10.9. The number of hydrogen-bond donors (Lipinski definition) is 2. The summed E-state index contributed by atoms with van der Waals surface area (Å²) in [5.41, 5.74) is 5.88. The lowest BCUT2D eigenvalue weighted by Crippen LogP contribution is -2.40. The molecule has 2 heterocycles. The fourth-order valence-electron chi connectivity index (χ4n) is 2.09. The molecule has 1 aliphatic heterocycles. The van der Waals surface area contributed by atoms with Crippen LogP contribution in [0, 0.1) is 0 Å². The highest BCUT2D eigenvalue weighted by Crippen LogP contribution is 2.19. The molecule has 1 aromatic rings. The Bertz CT molecular complexity index is 486. The van der Waals surface area contributed by atoms with Crippen LogP contribution in [-0.2, 0) is 0 Å². The minimum atomic E-state index is -0.238. The van der Waals surface area contributed by atoms with Crippen molar-refractivity contribution in [3.05, 3.63) is 32.7 Å². The monoisotopic (exact) mass is 299 g/mol. The molecule has 17 heavy (non-hydrogen) atoms. The van der Waals surface area contributed by atoms with E-state index in [2.05, 4.69) is 20.9 Å². The van der Waals surface area contributed by atoms with Gasteiger partial charge in [-0.2, -0.15) is 0 Å². The van der Waals surface area contributed by atoms with Gasteiger partial charge in [-0.3, -0.25) is 9.59 Å². The second kappa shape index (κ2) is 5.01. The molecule has 2 rings (SSSR count). The average molecular weight is 300 g/mol. The lowest BCUT2D eigenvalue weighted by molar-refractivity contribution is 0.0740. The second-order valence-corrected chi connectivity index (χ2v) is 4.95. The Kier molecular flexibility index (Phi) is 3.63. The summed E-state index contributed by atoms with van der Waals surface area (Å²) >= 11 is 3.12. The first-order chi connectivity index (χ1) is 8.13. The molecule has 1 saturated heterocycles. The van der Waals surface area contributed by atoms with E-state index in [0.29, 0.717) is 16.6 Å². The smallest absolute Gasteiger partial charge is 0.262 e. The van der Waals surface area contributed by atoms with Gasteiger partial charge in [0.1, 0.15) is 0 Å². The van der Waals surface area contributed by atoms with Gasteiger partial charge < -0.3 is 15.6 Å². The van der Waals surface area contributed by atoms with Gasteiger partial charge in [0, 0.05) is 25.3 Å². The fourth-order valence-corrected chi connectivity index (χ4v) is 2.45. The number of nitrogens with two attached hydrogens (primary N) is 1. The van der Waals surface area contributed by atoms with Crippen molar-refractivity contribution in [2.75, 3.05) is 13.1 Å². The van der Waals surface area contributed by atoms with Gasteiger partial charge in [-0.1, -0.05) is 0 Å². The fraction of sp³-hybridized carbons (Fsp3) is 0.455. The molecule has 6 heteroatoms. The van der Waals surface area contributed by atoms with Crippen LogP contribution in [0.25, 0.3) is 0 Å². The van der Waals surface area contributed by atoms with E-state index in [4.69, 9.17) is 5.73 Å². The maximum Gasteiger partial charge on any atom is 0.262 e. The van der Waals surface area contributed by atoms with Crippen LogP contribution in [0.15, 0.2) is 21.5 Å². The van der Waals surface area contributed by atoms with E-state index in [1.54, 1.807) is 11.0 Å². The van der Waals surface area contributed by atoms with Crippen LogP contribution >= 0.6 is 15.9 Å². The van der Waals surface area contributed by atoms with E-state index in [1.807, 2.05) is 0 Å². The predicted octanol–water partition coefficient (Wildman–Crippen LogP) is 0.701. The highest BCUT2D eigenvalue weighted by atomic mass is 79.9. The van der Waals surface area contributed by atoms with E-state index in [1.165, 1.54) is 6.20 Å². The standard InChI is InChI=1S/C11H14BrN3O2/c12-9-4-7(6-14-10(9)16)11(17)15-3-1-2-8(15)5-13/h4,6,8H,1-3,5,13H2,(H,14,16). The number of nitrogens with one attached hydrogen (secondary N) is 1. The highest BCUT2D eigenvalue weighted by molar-refractivity contribution is 9.10. The first kappa shape index (κ1) is 12.3. The van der Waals surface area contributed by atoms with Gasteiger partial charge in [-0.15, -0.1) is 0 Å². The molecule has 5 nitrogen and oxygen atoms in total. The Balaban J connectivity index is 2.24. The number of amides is 1. The van der Waals surface area contributed by atoms with Gasteiger partial charge in [0.2, 0.25) is 0 Å². The molecule has 0 aromatic carbocycles. The molecular formula is C11H14BrN3O2. The SMILES string of the molecule is NCC1CCCN1C(=O)c1c[nH]c(=O)c(Br)c1. The Morgan fingerprint density at radius 3 is 3.06 bits per heavy atom. The number of aromatic amines is 1. The van der Waals surface area contributed by atoms with Crippen molar-refractivity contribution in [2.24, 2.45) is 5.73 Å². The van der Waals surface area contributed by atoms with Crippen LogP contribution in [-0.4, -0.2) is 34.9 Å². The number of carbonyl (C=O) groups excluding carboxylic acids is 1. The van der Waals surface area contributed by atoms with Crippen LogP contribution in [0.1, 0.15) is 23.2 Å². The molecule has 1 amide bonds. The maximum atomic E-state index is 12.2. The molecule has 1 atom stereocenters. The van der Waals surface area contributed by atoms with Gasteiger partial charge in [0.15, 0.2) is 0 Å². The summed E-state index contributed by atoms with van der Waals surface area (Å²) in [6.45, 7) is 1.22. The summed E-state index contributed by atoms with van der Waals surface area (Å²) in [6, 6.07) is 1.67. The first-order valence-electron chi connectivity index (χ1n) is 5.52. The molecule has 0 radical (unpaired) electrons.